The van der Waals surface area contributed by atoms with E-state index in [1.807, 2.05) is 5.38 Å². The van der Waals surface area contributed by atoms with Crippen molar-refractivity contribution in [3.8, 4) is 0 Å². The number of aromatic nitrogens is 4. The third kappa shape index (κ3) is 1.93. The van der Waals surface area contributed by atoms with Crippen molar-refractivity contribution in [2.24, 2.45) is 0 Å². The van der Waals surface area contributed by atoms with E-state index in [4.69, 9.17) is 11.6 Å². The Morgan fingerprint density at radius 3 is 3.11 bits per heavy atom. The van der Waals surface area contributed by atoms with Gasteiger partial charge in [0.2, 0.25) is 5.95 Å². The Kier molecular flexibility index (Phi) is 2.69. The van der Waals surface area contributed by atoms with Gasteiger partial charge in [-0.25, -0.2) is 4.98 Å². The van der Waals surface area contributed by atoms with Gasteiger partial charge < -0.3 is 4.98 Å². The van der Waals surface area contributed by atoms with Crippen LogP contribution in [0.5, 0.6) is 0 Å². The minimum Gasteiger partial charge on any atom is -0.341 e. The average Bonchev–Trinajstić information content (AvgIpc) is 2.99. The fourth-order valence-corrected chi connectivity index (χ4v) is 2.26. The number of nitrogens with zero attached hydrogens (tertiary/aromatic N) is 3. The average molecular weight is 280 g/mol. The van der Waals surface area contributed by atoms with E-state index in [9.17, 15) is 4.79 Å². The predicted molar refractivity (Wildman–Crippen MR) is 69.0 cm³/mol. The van der Waals surface area contributed by atoms with Gasteiger partial charge in [0.15, 0.2) is 10.8 Å². The molecule has 0 unspecified atom stereocenters. The predicted octanol–water partition coefficient (Wildman–Crippen LogP) is 2.32. The second-order valence-corrected chi connectivity index (χ2v) is 4.68. The number of aromatic amines is 1. The van der Waals surface area contributed by atoms with E-state index in [-0.39, 0.29) is 17.0 Å². The van der Waals surface area contributed by atoms with Crippen molar-refractivity contribution < 1.29 is 4.79 Å². The summed E-state index contributed by atoms with van der Waals surface area (Å²) in [6.45, 7) is 0. The molecule has 6 nitrogen and oxygen atoms in total. The molecule has 18 heavy (non-hydrogen) atoms. The van der Waals surface area contributed by atoms with E-state index < -0.39 is 0 Å². The first kappa shape index (κ1) is 11.1. The third-order valence-electron chi connectivity index (χ3n) is 2.21. The lowest BCUT2D eigenvalue weighted by atomic mass is 10.4. The van der Waals surface area contributed by atoms with Crippen LogP contribution in [-0.4, -0.2) is 25.8 Å². The van der Waals surface area contributed by atoms with Gasteiger partial charge in [0.1, 0.15) is 5.52 Å². The van der Waals surface area contributed by atoms with Crippen LogP contribution in [0.25, 0.3) is 11.2 Å². The van der Waals surface area contributed by atoms with E-state index in [1.165, 1.54) is 17.7 Å². The topological polar surface area (TPSA) is 83.6 Å². The molecule has 0 aliphatic rings. The molecular weight excluding hydrogens is 274 g/mol. The van der Waals surface area contributed by atoms with Crippen LogP contribution in [0.4, 0.5) is 5.95 Å². The van der Waals surface area contributed by atoms with E-state index >= 15 is 0 Å². The number of thiophene rings is 1. The highest BCUT2D eigenvalue weighted by atomic mass is 35.5. The Morgan fingerprint density at radius 1 is 1.44 bits per heavy atom. The summed E-state index contributed by atoms with van der Waals surface area (Å²) in [7, 11) is 0. The summed E-state index contributed by atoms with van der Waals surface area (Å²) in [5.74, 6) is -0.131. The molecule has 0 aromatic carbocycles. The highest BCUT2D eigenvalue weighted by molar-refractivity contribution is 7.12. The molecule has 3 aromatic heterocycles. The number of fused-ring (bicyclic) bond motifs is 1. The fourth-order valence-electron chi connectivity index (χ4n) is 1.42. The van der Waals surface area contributed by atoms with Crippen LogP contribution in [0.3, 0.4) is 0 Å². The summed E-state index contributed by atoms with van der Waals surface area (Å²) in [4.78, 5) is 27.2. The van der Waals surface area contributed by atoms with Crippen molar-refractivity contribution in [3.63, 3.8) is 0 Å². The standard InChI is InChI=1S/C10H6ClN5OS/c11-7-6-8(13-4-12-6)15-10(14-7)16-9(17)5-2-1-3-18-5/h1-4H,(H2,12,13,14,15,16,17). The highest BCUT2D eigenvalue weighted by Gasteiger charge is 2.12. The first-order chi connectivity index (χ1) is 8.74. The van der Waals surface area contributed by atoms with Gasteiger partial charge in [-0.1, -0.05) is 17.7 Å². The molecular formula is C10H6ClN5OS. The van der Waals surface area contributed by atoms with Crippen LogP contribution in [0.2, 0.25) is 5.15 Å². The summed E-state index contributed by atoms with van der Waals surface area (Å²) in [5.41, 5.74) is 0.960. The number of rotatable bonds is 2. The van der Waals surface area contributed by atoms with Gasteiger partial charge in [0.25, 0.3) is 5.91 Å². The molecule has 0 bridgehead atoms. The quantitative estimate of drug-likeness (QED) is 0.705. The molecule has 0 saturated carbocycles. The van der Waals surface area contributed by atoms with E-state index in [0.717, 1.165) is 0 Å². The summed E-state index contributed by atoms with van der Waals surface area (Å²) in [6.07, 6.45) is 1.47. The molecule has 1 amide bonds. The molecule has 90 valence electrons. The minimum atomic E-state index is -0.268. The number of imidazole rings is 1. The number of hydrogen-bond donors (Lipinski definition) is 2. The zero-order valence-corrected chi connectivity index (χ0v) is 10.4. The maximum absolute atomic E-state index is 11.8. The van der Waals surface area contributed by atoms with Gasteiger partial charge in [-0.2, -0.15) is 9.97 Å². The van der Waals surface area contributed by atoms with E-state index in [2.05, 4.69) is 25.3 Å². The molecule has 3 rings (SSSR count). The zero-order valence-electron chi connectivity index (χ0n) is 8.85. The highest BCUT2D eigenvalue weighted by Crippen LogP contribution is 2.19. The lowest BCUT2D eigenvalue weighted by Crippen LogP contribution is -2.12. The number of carbonyl (C=O) groups is 1. The molecule has 0 spiro atoms. The van der Waals surface area contributed by atoms with Crippen molar-refractivity contribution in [2.75, 3.05) is 5.32 Å². The van der Waals surface area contributed by atoms with Gasteiger partial charge in [-0.05, 0) is 11.4 Å². The molecule has 0 saturated heterocycles. The largest absolute Gasteiger partial charge is 0.341 e. The van der Waals surface area contributed by atoms with Crippen molar-refractivity contribution in [3.05, 3.63) is 33.9 Å². The van der Waals surface area contributed by atoms with Crippen LogP contribution >= 0.6 is 22.9 Å². The lowest BCUT2D eigenvalue weighted by molar-refractivity contribution is 0.102. The van der Waals surface area contributed by atoms with Crippen molar-refractivity contribution in [1.82, 2.24) is 19.9 Å². The number of anilines is 1. The molecule has 3 heterocycles. The van der Waals surface area contributed by atoms with Gasteiger partial charge >= 0.3 is 0 Å². The number of halogens is 1. The Hall–Kier alpha value is -1.99. The molecule has 0 aliphatic heterocycles. The Balaban J connectivity index is 1.93. The minimum absolute atomic E-state index is 0.137. The SMILES string of the molecule is O=C(Nc1nc(Cl)c2[nH]cnc2n1)c1cccs1. The first-order valence-electron chi connectivity index (χ1n) is 4.95. The van der Waals surface area contributed by atoms with Gasteiger partial charge in [0, 0.05) is 0 Å². The van der Waals surface area contributed by atoms with Gasteiger partial charge in [-0.15, -0.1) is 11.3 Å². The number of H-pyrrole nitrogens is 1. The van der Waals surface area contributed by atoms with Crippen LogP contribution in [-0.2, 0) is 0 Å². The normalized spacial score (nSPS) is 10.7. The Labute approximate surface area is 110 Å². The second kappa shape index (κ2) is 4.35. The zero-order chi connectivity index (χ0) is 12.5. The number of hydrogen-bond acceptors (Lipinski definition) is 5. The van der Waals surface area contributed by atoms with Crippen LogP contribution < -0.4 is 5.32 Å². The Bertz CT molecular complexity index is 708. The summed E-state index contributed by atoms with van der Waals surface area (Å²) in [6, 6.07) is 3.51. The van der Waals surface area contributed by atoms with Crippen molar-refractivity contribution in [2.45, 2.75) is 0 Å². The van der Waals surface area contributed by atoms with Crippen LogP contribution in [0.1, 0.15) is 9.67 Å². The maximum atomic E-state index is 11.8. The molecule has 2 N–H and O–H groups in total. The van der Waals surface area contributed by atoms with Gasteiger partial charge in [-0.3, -0.25) is 10.1 Å². The number of carbonyl (C=O) groups excluding carboxylic acids is 1. The van der Waals surface area contributed by atoms with Crippen molar-refractivity contribution in [1.29, 1.82) is 0 Å². The lowest BCUT2D eigenvalue weighted by Gasteiger charge is -2.02. The summed E-state index contributed by atoms with van der Waals surface area (Å²) in [5, 5.41) is 4.62. The van der Waals surface area contributed by atoms with Crippen LogP contribution in [0.15, 0.2) is 23.8 Å². The fraction of sp³-hybridized carbons (Fsp3) is 0. The number of nitrogens with one attached hydrogen (secondary N) is 2. The molecule has 0 fully saturated rings. The molecule has 0 radical (unpaired) electrons. The molecule has 8 heteroatoms. The van der Waals surface area contributed by atoms with Gasteiger partial charge in [0.05, 0.1) is 11.2 Å². The van der Waals surface area contributed by atoms with E-state index in [1.54, 1.807) is 12.1 Å². The second-order valence-electron chi connectivity index (χ2n) is 3.37. The summed E-state index contributed by atoms with van der Waals surface area (Å²) < 4.78 is 0. The smallest absolute Gasteiger partial charge is 0.268 e. The van der Waals surface area contributed by atoms with Crippen molar-refractivity contribution >= 4 is 46.0 Å². The molecule has 0 aliphatic carbocycles. The Morgan fingerprint density at radius 2 is 2.33 bits per heavy atom. The number of amides is 1. The third-order valence-corrected chi connectivity index (χ3v) is 3.35. The maximum Gasteiger partial charge on any atom is 0.268 e. The van der Waals surface area contributed by atoms with Crippen LogP contribution in [0, 0.1) is 0 Å². The van der Waals surface area contributed by atoms with E-state index in [0.29, 0.717) is 16.0 Å². The first-order valence-corrected chi connectivity index (χ1v) is 6.21. The summed E-state index contributed by atoms with van der Waals surface area (Å²) >= 11 is 7.28. The monoisotopic (exact) mass is 279 g/mol. The molecule has 3 aromatic rings. The molecule has 0 atom stereocenters.